The molecule has 7 heteroatoms. The Morgan fingerprint density at radius 3 is 2.70 bits per heavy atom. The zero-order valence-corrected chi connectivity index (χ0v) is 14.0. The van der Waals surface area contributed by atoms with E-state index in [1.54, 1.807) is 51.2 Å². The van der Waals surface area contributed by atoms with E-state index in [0.717, 1.165) is 11.8 Å². The van der Waals surface area contributed by atoms with Crippen molar-refractivity contribution >= 4 is 23.6 Å². The van der Waals surface area contributed by atoms with Gasteiger partial charge in [-0.25, -0.2) is 0 Å². The third-order valence-corrected chi connectivity index (χ3v) is 4.36. The highest BCUT2D eigenvalue weighted by atomic mass is 32.2. The van der Waals surface area contributed by atoms with Crippen molar-refractivity contribution < 1.29 is 19.2 Å². The summed E-state index contributed by atoms with van der Waals surface area (Å²) >= 11 is 1.15. The van der Waals surface area contributed by atoms with E-state index in [0.29, 0.717) is 28.5 Å². The Bertz CT molecular complexity index is 714. The molecule has 2 rings (SSSR count). The largest absolute Gasteiger partial charge is 0.480 e. The Labute approximate surface area is 138 Å². The second kappa shape index (κ2) is 7.32. The predicted molar refractivity (Wildman–Crippen MR) is 86.4 cm³/mol. The average molecular weight is 334 g/mol. The number of aryl methyl sites for hydroxylation is 1. The Morgan fingerprint density at radius 1 is 1.39 bits per heavy atom. The third kappa shape index (κ3) is 4.35. The van der Waals surface area contributed by atoms with Crippen molar-refractivity contribution in [3.8, 4) is 0 Å². The minimum Gasteiger partial charge on any atom is -0.480 e. The second-order valence-electron chi connectivity index (χ2n) is 5.18. The van der Waals surface area contributed by atoms with Gasteiger partial charge >= 0.3 is 5.97 Å². The Kier molecular flexibility index (Phi) is 5.44. The van der Waals surface area contributed by atoms with Crippen LogP contribution in [-0.2, 0) is 11.3 Å². The summed E-state index contributed by atoms with van der Waals surface area (Å²) < 4.78 is 5.00. The van der Waals surface area contributed by atoms with Gasteiger partial charge in [-0.05, 0) is 26.0 Å². The maximum absolute atomic E-state index is 12.6. The monoisotopic (exact) mass is 334 g/mol. The number of benzene rings is 1. The number of carbonyl (C=O) groups excluding carboxylic acids is 1. The van der Waals surface area contributed by atoms with E-state index in [-0.39, 0.29) is 5.91 Å². The van der Waals surface area contributed by atoms with Crippen molar-refractivity contribution in [1.82, 2.24) is 10.1 Å². The van der Waals surface area contributed by atoms with Crippen molar-refractivity contribution in [3.05, 3.63) is 47.3 Å². The molecular weight excluding hydrogens is 316 g/mol. The van der Waals surface area contributed by atoms with E-state index in [9.17, 15) is 9.59 Å². The number of hydrogen-bond donors (Lipinski definition) is 1. The quantitative estimate of drug-likeness (QED) is 0.818. The van der Waals surface area contributed by atoms with Crippen LogP contribution in [0.2, 0.25) is 0 Å². The van der Waals surface area contributed by atoms with Gasteiger partial charge in [0, 0.05) is 18.0 Å². The second-order valence-corrected chi connectivity index (χ2v) is 6.57. The van der Waals surface area contributed by atoms with Gasteiger partial charge in [-0.15, -0.1) is 11.8 Å². The molecule has 1 heterocycles. The maximum Gasteiger partial charge on any atom is 0.316 e. The van der Waals surface area contributed by atoms with Gasteiger partial charge in [-0.1, -0.05) is 17.3 Å². The minimum absolute atomic E-state index is 0.189. The number of nitrogens with zero attached hydrogens (tertiary/aromatic N) is 2. The van der Waals surface area contributed by atoms with Gasteiger partial charge in [0.2, 0.25) is 0 Å². The molecular formula is C16H18N2O4S. The Hall–Kier alpha value is -2.28. The summed E-state index contributed by atoms with van der Waals surface area (Å²) in [7, 11) is 1.68. The van der Waals surface area contributed by atoms with Crippen molar-refractivity contribution in [3.63, 3.8) is 0 Å². The summed E-state index contributed by atoms with van der Waals surface area (Å²) in [5, 5.41) is 12.3. The van der Waals surface area contributed by atoms with E-state index >= 15 is 0 Å². The van der Waals surface area contributed by atoms with Crippen LogP contribution in [0.4, 0.5) is 0 Å². The molecule has 1 aromatic carbocycles. The molecule has 1 amide bonds. The van der Waals surface area contributed by atoms with Gasteiger partial charge in [-0.3, -0.25) is 9.59 Å². The number of aliphatic carboxylic acids is 1. The van der Waals surface area contributed by atoms with Crippen LogP contribution in [0.25, 0.3) is 0 Å². The lowest BCUT2D eigenvalue weighted by Crippen LogP contribution is -2.27. The van der Waals surface area contributed by atoms with E-state index in [1.807, 2.05) is 0 Å². The van der Waals surface area contributed by atoms with E-state index in [4.69, 9.17) is 9.63 Å². The fourth-order valence-electron chi connectivity index (χ4n) is 2.00. The lowest BCUT2D eigenvalue weighted by atomic mass is 10.2. The van der Waals surface area contributed by atoms with Gasteiger partial charge in [-0.2, -0.15) is 0 Å². The van der Waals surface area contributed by atoms with Gasteiger partial charge in [0.15, 0.2) is 0 Å². The molecule has 0 saturated carbocycles. The smallest absolute Gasteiger partial charge is 0.316 e. The molecule has 1 aromatic heterocycles. The normalized spacial score (nSPS) is 12.0. The van der Waals surface area contributed by atoms with Crippen LogP contribution >= 0.6 is 11.8 Å². The van der Waals surface area contributed by atoms with Gasteiger partial charge in [0.05, 0.1) is 12.1 Å². The van der Waals surface area contributed by atoms with Crippen LogP contribution in [0, 0.1) is 6.92 Å². The van der Waals surface area contributed by atoms with E-state index in [1.165, 1.54) is 4.90 Å². The van der Waals surface area contributed by atoms with Crippen molar-refractivity contribution in [2.45, 2.75) is 30.5 Å². The van der Waals surface area contributed by atoms with E-state index in [2.05, 4.69) is 5.16 Å². The van der Waals surface area contributed by atoms with Crippen molar-refractivity contribution in [2.24, 2.45) is 0 Å². The zero-order valence-electron chi connectivity index (χ0n) is 13.1. The zero-order chi connectivity index (χ0) is 17.0. The van der Waals surface area contributed by atoms with E-state index < -0.39 is 11.2 Å². The number of rotatable bonds is 6. The van der Waals surface area contributed by atoms with Crippen LogP contribution in [0.3, 0.4) is 0 Å². The average Bonchev–Trinajstić information content (AvgIpc) is 2.92. The molecule has 0 bridgehead atoms. The summed E-state index contributed by atoms with van der Waals surface area (Å²) in [5.41, 5.74) is 1.15. The molecule has 0 aliphatic carbocycles. The number of aromatic nitrogens is 1. The first-order valence-electron chi connectivity index (χ1n) is 7.04. The van der Waals surface area contributed by atoms with Crippen LogP contribution in [-0.4, -0.2) is 39.3 Å². The molecule has 2 aromatic rings. The number of carbonyl (C=O) groups is 2. The topological polar surface area (TPSA) is 83.6 Å². The summed E-state index contributed by atoms with van der Waals surface area (Å²) in [5.74, 6) is -0.415. The standard InChI is InChI=1S/C16H18N2O4S/c1-10-8-12(17-22-10)9-18(3)15(19)13-6-4-5-7-14(13)23-11(2)16(20)21/h4-8,11H,9H2,1-3H3,(H,20,21). The van der Waals surface area contributed by atoms with Gasteiger partial charge < -0.3 is 14.5 Å². The molecule has 6 nitrogen and oxygen atoms in total. The SMILES string of the molecule is Cc1cc(CN(C)C(=O)c2ccccc2SC(C)C(=O)O)no1. The van der Waals surface area contributed by atoms with Crippen LogP contribution in [0.5, 0.6) is 0 Å². The third-order valence-electron chi connectivity index (χ3n) is 3.19. The lowest BCUT2D eigenvalue weighted by molar-refractivity contribution is -0.136. The fourth-order valence-corrected chi connectivity index (χ4v) is 2.92. The summed E-state index contributed by atoms with van der Waals surface area (Å²) in [6.45, 7) is 3.71. The summed E-state index contributed by atoms with van der Waals surface area (Å²) in [4.78, 5) is 25.8. The molecule has 0 radical (unpaired) electrons. The highest BCUT2D eigenvalue weighted by Gasteiger charge is 2.20. The molecule has 0 aliphatic rings. The highest BCUT2D eigenvalue weighted by Crippen LogP contribution is 2.28. The molecule has 0 spiro atoms. The number of carboxylic acids is 1. The lowest BCUT2D eigenvalue weighted by Gasteiger charge is -2.18. The minimum atomic E-state index is -0.913. The summed E-state index contributed by atoms with van der Waals surface area (Å²) in [6, 6.07) is 8.78. The van der Waals surface area contributed by atoms with Gasteiger partial charge in [0.25, 0.3) is 5.91 Å². The predicted octanol–water partition coefficient (Wildman–Crippen LogP) is 2.82. The number of thioether (sulfide) groups is 1. The van der Waals surface area contributed by atoms with Crippen molar-refractivity contribution in [2.75, 3.05) is 7.05 Å². The summed E-state index contributed by atoms with van der Waals surface area (Å²) in [6.07, 6.45) is 0. The Morgan fingerprint density at radius 2 is 2.09 bits per heavy atom. The number of amides is 1. The van der Waals surface area contributed by atoms with Crippen LogP contribution < -0.4 is 0 Å². The molecule has 23 heavy (non-hydrogen) atoms. The molecule has 1 N–H and O–H groups in total. The maximum atomic E-state index is 12.6. The first-order valence-corrected chi connectivity index (χ1v) is 7.92. The first-order chi connectivity index (χ1) is 10.9. The molecule has 1 atom stereocenters. The molecule has 122 valence electrons. The fraction of sp³-hybridized carbons (Fsp3) is 0.312. The Balaban J connectivity index is 2.16. The first kappa shape index (κ1) is 17.1. The molecule has 0 saturated heterocycles. The number of carboxylic acid groups (broad SMARTS) is 1. The highest BCUT2D eigenvalue weighted by molar-refractivity contribution is 8.00. The van der Waals surface area contributed by atoms with Crippen LogP contribution in [0.15, 0.2) is 39.8 Å². The molecule has 0 fully saturated rings. The number of hydrogen-bond acceptors (Lipinski definition) is 5. The molecule has 0 aliphatic heterocycles. The van der Waals surface area contributed by atoms with Crippen molar-refractivity contribution in [1.29, 1.82) is 0 Å². The van der Waals surface area contributed by atoms with Crippen LogP contribution in [0.1, 0.15) is 28.7 Å². The molecule has 1 unspecified atom stereocenters. The van der Waals surface area contributed by atoms with Gasteiger partial charge in [0.1, 0.15) is 16.7 Å².